The van der Waals surface area contributed by atoms with E-state index in [1.54, 1.807) is 7.05 Å². The second-order valence-electron chi connectivity index (χ2n) is 4.38. The van der Waals surface area contributed by atoms with Crippen LogP contribution in [0.15, 0.2) is 0 Å². The van der Waals surface area contributed by atoms with Gasteiger partial charge in [0.15, 0.2) is 0 Å². The number of hydrogen-bond donors (Lipinski definition) is 1. The van der Waals surface area contributed by atoms with Crippen molar-refractivity contribution in [2.75, 3.05) is 20.1 Å². The van der Waals surface area contributed by atoms with Crippen molar-refractivity contribution in [1.29, 1.82) is 0 Å². The summed E-state index contributed by atoms with van der Waals surface area (Å²) in [5.41, 5.74) is 0. The summed E-state index contributed by atoms with van der Waals surface area (Å²) < 4.78 is 37.3. The van der Waals surface area contributed by atoms with Crippen LogP contribution in [0.4, 0.5) is 13.2 Å². The molecule has 0 spiro atoms. The molecule has 0 amide bonds. The highest BCUT2D eigenvalue weighted by Crippen LogP contribution is 2.21. The summed E-state index contributed by atoms with van der Waals surface area (Å²) in [6.45, 7) is 5.39. The van der Waals surface area contributed by atoms with Crippen LogP contribution in [0.25, 0.3) is 0 Å². The highest BCUT2D eigenvalue weighted by molar-refractivity contribution is 4.78. The second-order valence-corrected chi connectivity index (χ2v) is 4.38. The minimum Gasteiger partial charge on any atom is -0.318 e. The summed E-state index contributed by atoms with van der Waals surface area (Å²) >= 11 is 0. The van der Waals surface area contributed by atoms with Crippen molar-refractivity contribution in [2.45, 2.75) is 51.9 Å². The van der Waals surface area contributed by atoms with Gasteiger partial charge in [0.2, 0.25) is 0 Å². The zero-order valence-corrected chi connectivity index (χ0v) is 10.6. The summed E-state index contributed by atoms with van der Waals surface area (Å²) in [4.78, 5) is 1.53. The average Bonchev–Trinajstić information content (AvgIpc) is 2.12. The molecule has 1 atom stereocenters. The fraction of sp³-hybridized carbons (Fsp3) is 1.00. The molecular weight excluding hydrogens is 217 g/mol. The smallest absolute Gasteiger partial charge is 0.318 e. The molecule has 0 bridgehead atoms. The first-order valence-corrected chi connectivity index (χ1v) is 5.78. The molecule has 0 rings (SSSR count). The van der Waals surface area contributed by atoms with Crippen molar-refractivity contribution in [3.05, 3.63) is 0 Å². The first kappa shape index (κ1) is 15.7. The summed E-state index contributed by atoms with van der Waals surface area (Å²) in [5.74, 6) is 0. The lowest BCUT2D eigenvalue weighted by molar-refractivity contribution is -0.155. The zero-order valence-electron chi connectivity index (χ0n) is 10.6. The lowest BCUT2D eigenvalue weighted by Crippen LogP contribution is -2.49. The Hall–Kier alpha value is -0.290. The third kappa shape index (κ3) is 6.33. The number of hydrogen-bond acceptors (Lipinski definition) is 2. The van der Waals surface area contributed by atoms with Crippen LogP contribution < -0.4 is 5.32 Å². The van der Waals surface area contributed by atoms with Gasteiger partial charge in [-0.1, -0.05) is 13.3 Å². The maximum atomic E-state index is 12.4. The van der Waals surface area contributed by atoms with E-state index < -0.39 is 12.7 Å². The van der Waals surface area contributed by atoms with Crippen molar-refractivity contribution in [3.8, 4) is 0 Å². The number of halogens is 3. The fourth-order valence-corrected chi connectivity index (χ4v) is 1.89. The van der Waals surface area contributed by atoms with Gasteiger partial charge in [0.25, 0.3) is 0 Å². The van der Waals surface area contributed by atoms with E-state index in [4.69, 9.17) is 0 Å². The van der Waals surface area contributed by atoms with E-state index in [1.807, 2.05) is 20.8 Å². The van der Waals surface area contributed by atoms with Crippen molar-refractivity contribution < 1.29 is 13.2 Å². The van der Waals surface area contributed by atoms with Crippen LogP contribution in [0.2, 0.25) is 0 Å². The molecule has 1 N–H and O–H groups in total. The molecule has 16 heavy (non-hydrogen) atoms. The van der Waals surface area contributed by atoms with E-state index in [1.165, 1.54) is 4.90 Å². The minimum atomic E-state index is -4.12. The fourth-order valence-electron chi connectivity index (χ4n) is 1.89. The first-order valence-electron chi connectivity index (χ1n) is 5.78. The number of rotatable bonds is 7. The third-order valence-corrected chi connectivity index (χ3v) is 2.56. The van der Waals surface area contributed by atoms with E-state index in [9.17, 15) is 13.2 Å². The maximum absolute atomic E-state index is 12.4. The van der Waals surface area contributed by atoms with Gasteiger partial charge in [0.05, 0.1) is 6.54 Å². The SMILES string of the molecule is CCCC(CNC)N(CC(F)(F)F)C(C)C. The van der Waals surface area contributed by atoms with Gasteiger partial charge in [-0.15, -0.1) is 0 Å². The van der Waals surface area contributed by atoms with Gasteiger partial charge in [-0.3, -0.25) is 4.90 Å². The Morgan fingerprint density at radius 3 is 2.12 bits per heavy atom. The Morgan fingerprint density at radius 2 is 1.81 bits per heavy atom. The van der Waals surface area contributed by atoms with Gasteiger partial charge in [-0.25, -0.2) is 0 Å². The van der Waals surface area contributed by atoms with Crippen molar-refractivity contribution in [2.24, 2.45) is 0 Å². The Kier molecular flexibility index (Phi) is 6.99. The molecule has 0 aliphatic carbocycles. The monoisotopic (exact) mass is 240 g/mol. The predicted octanol–water partition coefficient (Wildman–Crippen LogP) is 2.65. The molecular formula is C11H23F3N2. The van der Waals surface area contributed by atoms with E-state index in [0.29, 0.717) is 6.54 Å². The molecule has 5 heteroatoms. The number of nitrogens with zero attached hydrogens (tertiary/aromatic N) is 1. The Labute approximate surface area is 96.2 Å². The standard InChI is InChI=1S/C11H23F3N2/c1-5-6-10(7-15-4)16(9(2)3)8-11(12,13)14/h9-10,15H,5-8H2,1-4H3. The van der Waals surface area contributed by atoms with Crippen LogP contribution in [0, 0.1) is 0 Å². The molecule has 0 radical (unpaired) electrons. The highest BCUT2D eigenvalue weighted by Gasteiger charge is 2.34. The number of nitrogens with one attached hydrogen (secondary N) is 1. The van der Waals surface area contributed by atoms with Gasteiger partial charge in [-0.05, 0) is 27.3 Å². The van der Waals surface area contributed by atoms with E-state index in [2.05, 4.69) is 5.32 Å². The van der Waals surface area contributed by atoms with Gasteiger partial charge in [0, 0.05) is 18.6 Å². The van der Waals surface area contributed by atoms with Crippen LogP contribution in [0.5, 0.6) is 0 Å². The molecule has 0 fully saturated rings. The summed E-state index contributed by atoms with van der Waals surface area (Å²) in [6, 6.07) is -0.136. The summed E-state index contributed by atoms with van der Waals surface area (Å²) in [7, 11) is 1.77. The molecule has 0 aromatic carbocycles. The predicted molar refractivity (Wildman–Crippen MR) is 60.5 cm³/mol. The quantitative estimate of drug-likeness (QED) is 0.736. The van der Waals surface area contributed by atoms with Gasteiger partial charge in [-0.2, -0.15) is 13.2 Å². The van der Waals surface area contributed by atoms with Crippen molar-refractivity contribution in [1.82, 2.24) is 10.2 Å². The van der Waals surface area contributed by atoms with E-state index >= 15 is 0 Å². The minimum absolute atomic E-state index is 0.0448. The van der Waals surface area contributed by atoms with Crippen molar-refractivity contribution >= 4 is 0 Å². The third-order valence-electron chi connectivity index (χ3n) is 2.56. The number of alkyl halides is 3. The van der Waals surface area contributed by atoms with E-state index in [0.717, 1.165) is 12.8 Å². The van der Waals surface area contributed by atoms with Crippen LogP contribution in [-0.2, 0) is 0 Å². The Bertz CT molecular complexity index is 175. The normalized spacial score (nSPS) is 14.8. The molecule has 0 aliphatic heterocycles. The molecule has 0 saturated carbocycles. The summed E-state index contributed by atoms with van der Waals surface area (Å²) in [5, 5.41) is 2.96. The second kappa shape index (κ2) is 7.12. The van der Waals surface area contributed by atoms with Crippen molar-refractivity contribution in [3.63, 3.8) is 0 Å². The van der Waals surface area contributed by atoms with Gasteiger partial charge < -0.3 is 5.32 Å². The average molecular weight is 240 g/mol. The van der Waals surface area contributed by atoms with Crippen LogP contribution >= 0.6 is 0 Å². The van der Waals surface area contributed by atoms with E-state index in [-0.39, 0.29) is 12.1 Å². The zero-order chi connectivity index (χ0) is 12.8. The first-order chi connectivity index (χ1) is 7.31. The van der Waals surface area contributed by atoms with Crippen LogP contribution in [0.3, 0.4) is 0 Å². The van der Waals surface area contributed by atoms with Gasteiger partial charge in [0.1, 0.15) is 0 Å². The van der Waals surface area contributed by atoms with Crippen LogP contribution in [-0.4, -0.2) is 43.3 Å². The molecule has 0 aromatic rings. The molecule has 1 unspecified atom stereocenters. The molecule has 0 saturated heterocycles. The molecule has 2 nitrogen and oxygen atoms in total. The Morgan fingerprint density at radius 1 is 1.25 bits per heavy atom. The molecule has 0 aliphatic rings. The Balaban J connectivity index is 4.57. The van der Waals surface area contributed by atoms with Gasteiger partial charge >= 0.3 is 6.18 Å². The highest BCUT2D eigenvalue weighted by atomic mass is 19.4. The lowest BCUT2D eigenvalue weighted by Gasteiger charge is -2.35. The summed E-state index contributed by atoms with van der Waals surface area (Å²) in [6.07, 6.45) is -2.44. The molecule has 0 heterocycles. The van der Waals surface area contributed by atoms with Crippen LogP contribution in [0.1, 0.15) is 33.6 Å². The topological polar surface area (TPSA) is 15.3 Å². The molecule has 0 aromatic heterocycles. The number of likely N-dealkylation sites (N-methyl/N-ethyl adjacent to an activating group) is 1. The maximum Gasteiger partial charge on any atom is 0.401 e. The lowest BCUT2D eigenvalue weighted by atomic mass is 10.1. The molecule has 98 valence electrons. The largest absolute Gasteiger partial charge is 0.401 e.